The molecule has 1 aromatic carbocycles. The zero-order valence-electron chi connectivity index (χ0n) is 15.3. The second-order valence-electron chi connectivity index (χ2n) is 6.29. The van der Waals surface area contributed by atoms with Crippen molar-refractivity contribution in [3.63, 3.8) is 0 Å². The lowest BCUT2D eigenvalue weighted by atomic mass is 10.1. The molecule has 0 saturated carbocycles. The summed E-state index contributed by atoms with van der Waals surface area (Å²) in [6.45, 7) is 2.76. The maximum Gasteiger partial charge on any atom is 0.201 e. The number of thiophene rings is 1. The molecular formula is C20H19ClN6S. The number of imidazole rings is 1. The highest BCUT2D eigenvalue weighted by Crippen LogP contribution is 2.24. The first-order valence-corrected chi connectivity index (χ1v) is 10.2. The van der Waals surface area contributed by atoms with Gasteiger partial charge in [0.25, 0.3) is 0 Å². The first-order chi connectivity index (χ1) is 13.7. The van der Waals surface area contributed by atoms with Crippen LogP contribution in [0.3, 0.4) is 0 Å². The van der Waals surface area contributed by atoms with E-state index in [0.717, 1.165) is 40.5 Å². The van der Waals surface area contributed by atoms with Gasteiger partial charge in [-0.3, -0.25) is 0 Å². The number of halogens is 1. The molecule has 0 unspecified atom stereocenters. The monoisotopic (exact) mass is 410 g/mol. The molecule has 4 aromatic rings. The third-order valence-corrected chi connectivity index (χ3v) is 5.72. The summed E-state index contributed by atoms with van der Waals surface area (Å²) in [4.78, 5) is 5.85. The second-order valence-corrected chi connectivity index (χ2v) is 7.73. The number of aromatic nitrogens is 6. The van der Waals surface area contributed by atoms with Crippen LogP contribution in [0.2, 0.25) is 5.02 Å². The van der Waals surface area contributed by atoms with E-state index in [1.54, 1.807) is 11.3 Å². The highest BCUT2D eigenvalue weighted by Gasteiger charge is 2.14. The number of tetrazole rings is 1. The topological polar surface area (TPSA) is 72.3 Å². The van der Waals surface area contributed by atoms with E-state index in [4.69, 9.17) is 11.6 Å². The van der Waals surface area contributed by atoms with Crippen molar-refractivity contribution in [2.45, 2.75) is 26.3 Å². The Morgan fingerprint density at radius 3 is 2.86 bits per heavy atom. The standard InChI is InChI=1S/C20H19ClN6S/c1-2-19-22-12-16(27(19)13-14-6-3-4-8-18(14)21)10-15(20-23-25-26-24-20)11-17-7-5-9-28-17/h3-10,12H,2,11,13H2,1H3,(H,23,24,25,26)/b15-10-. The van der Waals surface area contributed by atoms with Crippen LogP contribution in [0, 0.1) is 0 Å². The lowest BCUT2D eigenvalue weighted by molar-refractivity contribution is 0.726. The summed E-state index contributed by atoms with van der Waals surface area (Å²) in [5.41, 5.74) is 3.04. The van der Waals surface area contributed by atoms with Crippen molar-refractivity contribution >= 4 is 34.6 Å². The van der Waals surface area contributed by atoms with Crippen LogP contribution in [0.15, 0.2) is 48.0 Å². The summed E-state index contributed by atoms with van der Waals surface area (Å²) in [6, 6.07) is 12.1. The Kier molecular flexibility index (Phi) is 5.64. The highest BCUT2D eigenvalue weighted by molar-refractivity contribution is 7.10. The molecule has 0 aliphatic carbocycles. The molecule has 0 spiro atoms. The Morgan fingerprint density at radius 2 is 2.14 bits per heavy atom. The minimum absolute atomic E-state index is 0.594. The summed E-state index contributed by atoms with van der Waals surface area (Å²) in [5.74, 6) is 1.60. The zero-order valence-corrected chi connectivity index (χ0v) is 16.9. The molecule has 28 heavy (non-hydrogen) atoms. The van der Waals surface area contributed by atoms with Gasteiger partial charge >= 0.3 is 0 Å². The average molecular weight is 411 g/mol. The summed E-state index contributed by atoms with van der Waals surface area (Å²) in [7, 11) is 0. The second kappa shape index (κ2) is 8.50. The van der Waals surface area contributed by atoms with Crippen LogP contribution in [0.4, 0.5) is 0 Å². The number of allylic oxidation sites excluding steroid dienone is 1. The molecule has 0 aliphatic rings. The number of nitrogens with one attached hydrogen (secondary N) is 1. The van der Waals surface area contributed by atoms with Gasteiger partial charge in [-0.2, -0.15) is 5.21 Å². The molecule has 0 atom stereocenters. The summed E-state index contributed by atoms with van der Waals surface area (Å²) < 4.78 is 2.19. The van der Waals surface area contributed by atoms with Gasteiger partial charge in [-0.15, -0.1) is 21.5 Å². The third kappa shape index (κ3) is 4.05. The fourth-order valence-electron chi connectivity index (χ4n) is 3.08. The fraction of sp³-hybridized carbons (Fsp3) is 0.200. The molecule has 142 valence electrons. The van der Waals surface area contributed by atoms with Gasteiger partial charge in [0.1, 0.15) is 5.82 Å². The van der Waals surface area contributed by atoms with E-state index in [1.807, 2.05) is 36.5 Å². The van der Waals surface area contributed by atoms with Gasteiger partial charge in [-0.1, -0.05) is 42.8 Å². The molecule has 3 aromatic heterocycles. The Balaban J connectivity index is 1.74. The van der Waals surface area contributed by atoms with E-state index in [9.17, 15) is 0 Å². The van der Waals surface area contributed by atoms with Gasteiger partial charge in [0.2, 0.25) is 5.82 Å². The number of aromatic amines is 1. The van der Waals surface area contributed by atoms with Gasteiger partial charge in [-0.25, -0.2) is 4.98 Å². The molecule has 8 heteroatoms. The van der Waals surface area contributed by atoms with E-state index in [1.165, 1.54) is 4.88 Å². The van der Waals surface area contributed by atoms with E-state index >= 15 is 0 Å². The summed E-state index contributed by atoms with van der Waals surface area (Å²) in [6.07, 6.45) is 5.55. The minimum Gasteiger partial charge on any atom is -0.324 e. The number of rotatable bonds is 7. The lowest BCUT2D eigenvalue weighted by Crippen LogP contribution is -2.07. The van der Waals surface area contributed by atoms with E-state index in [2.05, 4.69) is 54.6 Å². The quantitative estimate of drug-likeness (QED) is 0.486. The van der Waals surface area contributed by atoms with E-state index < -0.39 is 0 Å². The molecule has 0 fully saturated rings. The SMILES string of the molecule is CCc1ncc(/C=C(/Cc2cccs2)c2nn[nH]n2)n1Cc1ccccc1Cl. The van der Waals surface area contributed by atoms with Crippen molar-refractivity contribution in [2.24, 2.45) is 0 Å². The Morgan fingerprint density at radius 1 is 1.25 bits per heavy atom. The van der Waals surface area contributed by atoms with Crippen LogP contribution < -0.4 is 0 Å². The first-order valence-electron chi connectivity index (χ1n) is 8.99. The number of nitrogens with zero attached hydrogens (tertiary/aromatic N) is 5. The van der Waals surface area contributed by atoms with Crippen molar-refractivity contribution in [3.8, 4) is 0 Å². The summed E-state index contributed by atoms with van der Waals surface area (Å²) in [5, 5.41) is 17.5. The fourth-order valence-corrected chi connectivity index (χ4v) is 4.00. The van der Waals surface area contributed by atoms with Gasteiger partial charge < -0.3 is 4.57 Å². The number of hydrogen-bond acceptors (Lipinski definition) is 5. The van der Waals surface area contributed by atoms with Crippen LogP contribution >= 0.6 is 22.9 Å². The van der Waals surface area contributed by atoms with Crippen molar-refractivity contribution in [2.75, 3.05) is 0 Å². The van der Waals surface area contributed by atoms with Gasteiger partial charge in [0.15, 0.2) is 0 Å². The van der Waals surface area contributed by atoms with Crippen LogP contribution in [0.1, 0.15) is 34.7 Å². The molecule has 4 rings (SSSR count). The molecule has 0 saturated heterocycles. The molecule has 0 aliphatic heterocycles. The normalized spacial score (nSPS) is 11.9. The molecule has 1 N–H and O–H groups in total. The van der Waals surface area contributed by atoms with Crippen molar-refractivity contribution in [1.29, 1.82) is 0 Å². The highest BCUT2D eigenvalue weighted by atomic mass is 35.5. The number of hydrogen-bond donors (Lipinski definition) is 1. The molecule has 0 radical (unpaired) electrons. The van der Waals surface area contributed by atoms with Gasteiger partial charge in [0, 0.05) is 28.3 Å². The molecule has 0 amide bonds. The predicted molar refractivity (Wildman–Crippen MR) is 112 cm³/mol. The van der Waals surface area contributed by atoms with Crippen molar-refractivity contribution in [1.82, 2.24) is 30.2 Å². The van der Waals surface area contributed by atoms with E-state index in [-0.39, 0.29) is 0 Å². The largest absolute Gasteiger partial charge is 0.324 e. The minimum atomic E-state index is 0.594. The van der Waals surface area contributed by atoms with Crippen molar-refractivity contribution < 1.29 is 0 Å². The number of aryl methyl sites for hydroxylation is 1. The van der Waals surface area contributed by atoms with Gasteiger partial charge in [-0.05, 0) is 34.4 Å². The average Bonchev–Trinajstić information content (AvgIpc) is 3.46. The van der Waals surface area contributed by atoms with Crippen molar-refractivity contribution in [3.05, 3.63) is 80.8 Å². The molecule has 3 heterocycles. The zero-order chi connectivity index (χ0) is 19.3. The van der Waals surface area contributed by atoms with Gasteiger partial charge in [0.05, 0.1) is 18.4 Å². The Hall–Kier alpha value is -2.77. The molecule has 0 bridgehead atoms. The Bertz CT molecular complexity index is 1070. The lowest BCUT2D eigenvalue weighted by Gasteiger charge is -2.12. The number of benzene rings is 1. The Labute approximate surface area is 171 Å². The smallest absolute Gasteiger partial charge is 0.201 e. The van der Waals surface area contributed by atoms with Crippen LogP contribution in [-0.2, 0) is 19.4 Å². The first kappa shape index (κ1) is 18.6. The predicted octanol–water partition coefficient (Wildman–Crippen LogP) is 4.51. The maximum absolute atomic E-state index is 6.39. The van der Waals surface area contributed by atoms with E-state index in [0.29, 0.717) is 12.4 Å². The van der Waals surface area contributed by atoms with Crippen LogP contribution in [0.25, 0.3) is 11.6 Å². The van der Waals surface area contributed by atoms with Crippen LogP contribution in [0.5, 0.6) is 0 Å². The number of H-pyrrole nitrogens is 1. The molecular weight excluding hydrogens is 392 g/mol. The van der Waals surface area contributed by atoms with Crippen LogP contribution in [-0.4, -0.2) is 30.2 Å². The third-order valence-electron chi connectivity index (χ3n) is 4.47. The summed E-state index contributed by atoms with van der Waals surface area (Å²) >= 11 is 8.10. The molecule has 6 nitrogen and oxygen atoms in total. The maximum atomic E-state index is 6.39.